The highest BCUT2D eigenvalue weighted by Gasteiger charge is 2.33. The second kappa shape index (κ2) is 12.0. The number of thioether (sulfide) groups is 1. The highest BCUT2D eigenvalue weighted by Crippen LogP contribution is 2.32. The number of hydrogen-bond acceptors (Lipinski definition) is 6. The summed E-state index contributed by atoms with van der Waals surface area (Å²) in [6.07, 6.45) is 2.51. The Kier molecular flexibility index (Phi) is 9.77. The molecular formula is C22H27F3N2O3S. The fraction of sp³-hybridized carbons (Fsp3) is 0.500. The SMILES string of the molecule is C/C=C/CONC(CCC)=C1C(=O)CC(CCSc2ccc(C(F)(F)F)cn2)CC1=O. The highest BCUT2D eigenvalue weighted by molar-refractivity contribution is 7.99. The maximum atomic E-state index is 12.7. The first kappa shape index (κ1) is 25.1. The Balaban J connectivity index is 1.91. The Morgan fingerprint density at radius 1 is 1.29 bits per heavy atom. The van der Waals surface area contributed by atoms with E-state index in [9.17, 15) is 22.8 Å². The van der Waals surface area contributed by atoms with Crippen molar-refractivity contribution in [3.63, 3.8) is 0 Å². The lowest BCUT2D eigenvalue weighted by Crippen LogP contribution is -2.30. The Morgan fingerprint density at radius 2 is 2.00 bits per heavy atom. The molecule has 1 aromatic rings. The number of rotatable bonds is 10. The van der Waals surface area contributed by atoms with Gasteiger partial charge in [-0.1, -0.05) is 25.5 Å². The minimum Gasteiger partial charge on any atom is -0.294 e. The van der Waals surface area contributed by atoms with Crippen molar-refractivity contribution < 1.29 is 27.6 Å². The van der Waals surface area contributed by atoms with Gasteiger partial charge < -0.3 is 0 Å². The van der Waals surface area contributed by atoms with Crippen molar-refractivity contribution >= 4 is 23.3 Å². The Hall–Kier alpha value is -2.13. The van der Waals surface area contributed by atoms with Crippen LogP contribution in [0.3, 0.4) is 0 Å². The summed E-state index contributed by atoms with van der Waals surface area (Å²) in [5.41, 5.74) is 2.72. The van der Waals surface area contributed by atoms with Gasteiger partial charge >= 0.3 is 6.18 Å². The van der Waals surface area contributed by atoms with E-state index in [0.29, 0.717) is 35.9 Å². The minimum atomic E-state index is -4.41. The molecule has 0 aromatic carbocycles. The van der Waals surface area contributed by atoms with Crippen LogP contribution in [0.2, 0.25) is 0 Å². The molecule has 0 amide bonds. The number of nitrogens with zero attached hydrogens (tertiary/aromatic N) is 1. The molecule has 5 nitrogen and oxygen atoms in total. The largest absolute Gasteiger partial charge is 0.417 e. The van der Waals surface area contributed by atoms with Crippen LogP contribution < -0.4 is 5.48 Å². The predicted octanol–water partition coefficient (Wildman–Crippen LogP) is 5.28. The van der Waals surface area contributed by atoms with Crippen LogP contribution in [0.1, 0.15) is 51.5 Å². The van der Waals surface area contributed by atoms with Crippen LogP contribution in [0, 0.1) is 5.92 Å². The fourth-order valence-corrected chi connectivity index (χ4v) is 4.16. The molecule has 0 radical (unpaired) electrons. The van der Waals surface area contributed by atoms with E-state index >= 15 is 0 Å². The quantitative estimate of drug-likeness (QED) is 0.129. The number of pyridine rings is 1. The first-order chi connectivity index (χ1) is 14.8. The third kappa shape index (κ3) is 7.81. The molecule has 9 heteroatoms. The van der Waals surface area contributed by atoms with E-state index in [0.717, 1.165) is 18.7 Å². The number of Topliss-reactive ketones (excluding diaryl/α,β-unsaturated/α-hetero) is 2. The Labute approximate surface area is 184 Å². The summed E-state index contributed by atoms with van der Waals surface area (Å²) >= 11 is 1.31. The van der Waals surface area contributed by atoms with E-state index in [1.54, 1.807) is 0 Å². The molecule has 1 aliphatic rings. The first-order valence-corrected chi connectivity index (χ1v) is 11.2. The molecule has 31 heavy (non-hydrogen) atoms. The molecule has 1 saturated carbocycles. The summed E-state index contributed by atoms with van der Waals surface area (Å²) in [5.74, 6) is 0.0984. The van der Waals surface area contributed by atoms with E-state index in [2.05, 4.69) is 10.5 Å². The van der Waals surface area contributed by atoms with Crippen molar-refractivity contribution in [1.82, 2.24) is 10.5 Å². The van der Waals surface area contributed by atoms with Crippen molar-refractivity contribution in [2.45, 2.75) is 57.2 Å². The van der Waals surface area contributed by atoms with Crippen molar-refractivity contribution in [1.29, 1.82) is 0 Å². The number of carbonyl (C=O) groups excluding carboxylic acids is 2. The van der Waals surface area contributed by atoms with Crippen LogP contribution in [0.15, 0.2) is 46.8 Å². The van der Waals surface area contributed by atoms with Gasteiger partial charge in [-0.2, -0.15) is 13.2 Å². The number of carbonyl (C=O) groups is 2. The molecular weight excluding hydrogens is 429 g/mol. The maximum absolute atomic E-state index is 12.7. The average Bonchev–Trinajstić information content (AvgIpc) is 2.70. The summed E-state index contributed by atoms with van der Waals surface area (Å²) in [6, 6.07) is 2.34. The molecule has 1 aliphatic carbocycles. The maximum Gasteiger partial charge on any atom is 0.417 e. The van der Waals surface area contributed by atoms with Crippen molar-refractivity contribution in [3.8, 4) is 0 Å². The van der Waals surface area contributed by atoms with E-state index in [-0.39, 0.29) is 35.9 Å². The summed E-state index contributed by atoms with van der Waals surface area (Å²) in [5, 5.41) is 0.481. The van der Waals surface area contributed by atoms with E-state index in [1.807, 2.05) is 26.0 Å². The number of hydrogen-bond donors (Lipinski definition) is 1. The molecule has 170 valence electrons. The summed E-state index contributed by atoms with van der Waals surface area (Å²) in [7, 11) is 0. The molecule has 0 unspecified atom stereocenters. The fourth-order valence-electron chi connectivity index (χ4n) is 3.21. The number of ketones is 2. The molecule has 0 bridgehead atoms. The summed E-state index contributed by atoms with van der Waals surface area (Å²) in [4.78, 5) is 34.5. The van der Waals surface area contributed by atoms with Gasteiger partial charge in [0, 0.05) is 19.0 Å². The zero-order chi connectivity index (χ0) is 22.9. The zero-order valence-corrected chi connectivity index (χ0v) is 18.4. The first-order valence-electron chi connectivity index (χ1n) is 10.2. The van der Waals surface area contributed by atoms with Gasteiger partial charge in [0.15, 0.2) is 11.6 Å². The lowest BCUT2D eigenvalue weighted by Gasteiger charge is -2.24. The van der Waals surface area contributed by atoms with Crippen LogP contribution in [0.25, 0.3) is 0 Å². The molecule has 1 aromatic heterocycles. The highest BCUT2D eigenvalue weighted by atomic mass is 32.2. The second-order valence-electron chi connectivity index (χ2n) is 7.23. The molecule has 2 rings (SSSR count). The molecule has 0 spiro atoms. The third-order valence-corrected chi connectivity index (χ3v) is 5.74. The van der Waals surface area contributed by atoms with Crippen LogP contribution in [0.5, 0.6) is 0 Å². The van der Waals surface area contributed by atoms with Crippen molar-refractivity contribution in [2.24, 2.45) is 5.92 Å². The van der Waals surface area contributed by atoms with Crippen LogP contribution in [0.4, 0.5) is 13.2 Å². The van der Waals surface area contributed by atoms with Gasteiger partial charge in [-0.15, -0.1) is 11.8 Å². The minimum absolute atomic E-state index is 0.0856. The third-order valence-electron chi connectivity index (χ3n) is 4.76. The molecule has 1 N–H and O–H groups in total. The van der Waals surface area contributed by atoms with Crippen LogP contribution >= 0.6 is 11.8 Å². The van der Waals surface area contributed by atoms with Gasteiger partial charge in [-0.05, 0) is 43.6 Å². The second-order valence-corrected chi connectivity index (χ2v) is 8.34. The van der Waals surface area contributed by atoms with Gasteiger partial charge in [0.05, 0.1) is 28.5 Å². The molecule has 1 heterocycles. The predicted molar refractivity (Wildman–Crippen MR) is 113 cm³/mol. The van der Waals surface area contributed by atoms with Gasteiger partial charge in [0.1, 0.15) is 0 Å². The average molecular weight is 457 g/mol. The zero-order valence-electron chi connectivity index (χ0n) is 17.6. The monoisotopic (exact) mass is 456 g/mol. The summed E-state index contributed by atoms with van der Waals surface area (Å²) in [6.45, 7) is 4.16. The van der Waals surface area contributed by atoms with Gasteiger partial charge in [0.2, 0.25) is 0 Å². The molecule has 1 fully saturated rings. The topological polar surface area (TPSA) is 68.3 Å². The number of alkyl halides is 3. The smallest absolute Gasteiger partial charge is 0.294 e. The van der Waals surface area contributed by atoms with Gasteiger partial charge in [0.25, 0.3) is 0 Å². The van der Waals surface area contributed by atoms with Crippen LogP contribution in [-0.4, -0.2) is 28.9 Å². The van der Waals surface area contributed by atoms with E-state index in [1.165, 1.54) is 17.8 Å². The number of halogens is 3. The molecule has 0 saturated heterocycles. The lowest BCUT2D eigenvalue weighted by atomic mass is 9.81. The molecule has 0 atom stereocenters. The van der Waals surface area contributed by atoms with Gasteiger partial charge in [-0.25, -0.2) is 4.98 Å². The van der Waals surface area contributed by atoms with E-state index < -0.39 is 11.7 Å². The Bertz CT molecular complexity index is 800. The lowest BCUT2D eigenvalue weighted by molar-refractivity contribution is -0.138. The number of nitrogens with one attached hydrogen (secondary N) is 1. The van der Waals surface area contributed by atoms with Gasteiger partial charge in [-0.3, -0.25) is 19.9 Å². The van der Waals surface area contributed by atoms with Crippen molar-refractivity contribution in [3.05, 3.63) is 47.3 Å². The number of hydroxylamine groups is 1. The Morgan fingerprint density at radius 3 is 2.55 bits per heavy atom. The normalized spacial score (nSPS) is 17.5. The number of allylic oxidation sites excluding steroid dienone is 3. The summed E-state index contributed by atoms with van der Waals surface area (Å²) < 4.78 is 37.8. The number of aromatic nitrogens is 1. The standard InChI is InChI=1S/C22H27F3N2O3S/c1-3-5-10-30-27-17(6-4-2)21-18(28)12-15(13-19(21)29)9-11-31-20-8-7-16(14-26-20)22(23,24)25/h3,5,7-8,14-15,27H,4,6,9-13H2,1-2H3/b5-3+,21-17?. The van der Waals surface area contributed by atoms with Crippen LogP contribution in [-0.2, 0) is 20.6 Å². The molecule has 0 aliphatic heterocycles. The van der Waals surface area contributed by atoms with E-state index in [4.69, 9.17) is 4.84 Å². The van der Waals surface area contributed by atoms with Crippen molar-refractivity contribution in [2.75, 3.05) is 12.4 Å².